The lowest BCUT2D eigenvalue weighted by Gasteiger charge is -2.28. The molecule has 0 bridgehead atoms. The molecule has 3 atom stereocenters. The van der Waals surface area contributed by atoms with Crippen LogP contribution in [-0.4, -0.2) is 56.1 Å². The summed E-state index contributed by atoms with van der Waals surface area (Å²) in [4.78, 5) is 22.1. The van der Waals surface area contributed by atoms with Crippen molar-refractivity contribution in [3.05, 3.63) is 54.1 Å². The van der Waals surface area contributed by atoms with Crippen LogP contribution in [0.5, 0.6) is 0 Å². The lowest BCUT2D eigenvalue weighted by molar-refractivity contribution is -0.137. The number of fused-ring (bicyclic) bond motifs is 1. The first-order valence-corrected chi connectivity index (χ1v) is 9.85. The van der Waals surface area contributed by atoms with Crippen LogP contribution in [-0.2, 0) is 18.4 Å². The van der Waals surface area contributed by atoms with E-state index in [9.17, 15) is 9.90 Å². The summed E-state index contributed by atoms with van der Waals surface area (Å²) in [6, 6.07) is 11.2. The molecule has 4 rings (SSSR count). The quantitative estimate of drug-likeness (QED) is 0.847. The fourth-order valence-electron chi connectivity index (χ4n) is 4.78. The van der Waals surface area contributed by atoms with Gasteiger partial charge in [-0.05, 0) is 31.4 Å². The van der Waals surface area contributed by atoms with Crippen molar-refractivity contribution >= 4 is 5.91 Å². The van der Waals surface area contributed by atoms with Crippen molar-refractivity contribution in [2.24, 2.45) is 13.0 Å². The summed E-state index contributed by atoms with van der Waals surface area (Å²) in [5, 5.41) is 9.51. The van der Waals surface area contributed by atoms with Gasteiger partial charge in [0.05, 0.1) is 19.1 Å². The molecule has 0 aliphatic carbocycles. The van der Waals surface area contributed by atoms with Gasteiger partial charge in [0.25, 0.3) is 0 Å². The van der Waals surface area contributed by atoms with Crippen molar-refractivity contribution < 1.29 is 9.90 Å². The van der Waals surface area contributed by atoms with Crippen molar-refractivity contribution in [3.8, 4) is 0 Å². The fourth-order valence-corrected chi connectivity index (χ4v) is 4.78. The third-order valence-electron chi connectivity index (χ3n) is 6.12. The summed E-state index contributed by atoms with van der Waals surface area (Å²) in [6.07, 6.45) is 6.72. The van der Waals surface area contributed by atoms with Gasteiger partial charge >= 0.3 is 0 Å². The van der Waals surface area contributed by atoms with Gasteiger partial charge in [-0.3, -0.25) is 9.69 Å². The molecule has 144 valence electrons. The number of aliphatic hydroxyl groups is 1. The Morgan fingerprint density at radius 1 is 1.33 bits per heavy atom. The van der Waals surface area contributed by atoms with Gasteiger partial charge in [0, 0.05) is 38.1 Å². The highest BCUT2D eigenvalue weighted by Gasteiger charge is 2.48. The van der Waals surface area contributed by atoms with Crippen LogP contribution in [0.2, 0.25) is 0 Å². The minimum Gasteiger partial charge on any atom is -0.395 e. The topological polar surface area (TPSA) is 61.6 Å². The van der Waals surface area contributed by atoms with Crippen LogP contribution >= 0.6 is 0 Å². The van der Waals surface area contributed by atoms with Gasteiger partial charge in [0.2, 0.25) is 5.91 Å². The number of amides is 1. The van der Waals surface area contributed by atoms with Crippen molar-refractivity contribution in [2.45, 2.75) is 37.9 Å². The minimum atomic E-state index is -0.0284. The molecule has 6 heteroatoms. The molecule has 2 aliphatic rings. The van der Waals surface area contributed by atoms with E-state index >= 15 is 0 Å². The monoisotopic (exact) mass is 368 g/mol. The number of aryl methyl sites for hydroxylation is 1. The number of hydrogen-bond donors (Lipinski definition) is 1. The summed E-state index contributed by atoms with van der Waals surface area (Å²) < 4.78 is 1.93. The second-order valence-corrected chi connectivity index (χ2v) is 7.65. The molecule has 0 radical (unpaired) electrons. The number of imidazole rings is 1. The Hall–Kier alpha value is -2.18. The standard InChI is InChI=1S/C21H28N4O2/c1-23-11-9-22-20(23)15-24(12-13-26)21(27)17-14-19(16-6-3-2-4-7-16)25-10-5-8-18(17)25/h2-4,6-7,9,11,17-19,26H,5,8,10,12-15H2,1H3/t17-,18+,19-/m1/s1. The van der Waals surface area contributed by atoms with Gasteiger partial charge in [0.15, 0.2) is 0 Å². The Labute approximate surface area is 160 Å². The van der Waals surface area contributed by atoms with Crippen molar-refractivity contribution in [2.75, 3.05) is 19.7 Å². The van der Waals surface area contributed by atoms with E-state index in [4.69, 9.17) is 0 Å². The van der Waals surface area contributed by atoms with E-state index in [0.29, 0.717) is 25.2 Å². The van der Waals surface area contributed by atoms with E-state index in [0.717, 1.165) is 31.6 Å². The Morgan fingerprint density at radius 3 is 2.85 bits per heavy atom. The molecule has 3 heterocycles. The summed E-state index contributed by atoms with van der Waals surface area (Å²) >= 11 is 0. The molecule has 2 fully saturated rings. The van der Waals surface area contributed by atoms with Gasteiger partial charge < -0.3 is 14.6 Å². The molecule has 6 nitrogen and oxygen atoms in total. The molecule has 1 amide bonds. The Balaban J connectivity index is 1.55. The van der Waals surface area contributed by atoms with Crippen LogP contribution in [0.1, 0.15) is 36.7 Å². The van der Waals surface area contributed by atoms with Crippen LogP contribution in [0.4, 0.5) is 0 Å². The summed E-state index contributed by atoms with van der Waals surface area (Å²) in [5.41, 5.74) is 1.30. The largest absolute Gasteiger partial charge is 0.395 e. The number of aliphatic hydroxyl groups excluding tert-OH is 1. The molecule has 0 spiro atoms. The van der Waals surface area contributed by atoms with Crippen molar-refractivity contribution in [1.82, 2.24) is 19.4 Å². The van der Waals surface area contributed by atoms with Gasteiger partial charge in [-0.1, -0.05) is 30.3 Å². The molecule has 1 aromatic carbocycles. The molecule has 1 N–H and O–H groups in total. The number of carbonyl (C=O) groups is 1. The third kappa shape index (κ3) is 3.51. The van der Waals surface area contributed by atoms with Gasteiger partial charge in [0.1, 0.15) is 5.82 Å². The zero-order valence-electron chi connectivity index (χ0n) is 15.9. The maximum absolute atomic E-state index is 13.4. The number of rotatable bonds is 6. The number of nitrogens with zero attached hydrogens (tertiary/aromatic N) is 4. The van der Waals surface area contributed by atoms with Crippen LogP contribution in [0, 0.1) is 5.92 Å². The Morgan fingerprint density at radius 2 is 2.15 bits per heavy atom. The van der Waals surface area contributed by atoms with E-state index in [-0.39, 0.29) is 18.4 Å². The van der Waals surface area contributed by atoms with Crippen LogP contribution < -0.4 is 0 Å². The average Bonchev–Trinajstić information content (AvgIpc) is 3.39. The number of hydrogen-bond acceptors (Lipinski definition) is 4. The van der Waals surface area contributed by atoms with E-state index in [1.54, 1.807) is 11.1 Å². The summed E-state index contributed by atoms with van der Waals surface area (Å²) in [5.74, 6) is 0.990. The van der Waals surface area contributed by atoms with E-state index in [2.05, 4.69) is 34.1 Å². The van der Waals surface area contributed by atoms with Crippen LogP contribution in [0.3, 0.4) is 0 Å². The maximum atomic E-state index is 13.4. The number of benzene rings is 1. The molecule has 1 aromatic heterocycles. The zero-order valence-corrected chi connectivity index (χ0v) is 15.9. The molecular weight excluding hydrogens is 340 g/mol. The molecule has 0 unspecified atom stereocenters. The SMILES string of the molecule is Cn1ccnc1CN(CCO)C(=O)[C@@H]1C[C@H](c2ccccc2)N2CCC[C@@H]12. The lowest BCUT2D eigenvalue weighted by atomic mass is 9.93. The molecular formula is C21H28N4O2. The fraction of sp³-hybridized carbons (Fsp3) is 0.524. The van der Waals surface area contributed by atoms with E-state index in [1.807, 2.05) is 23.9 Å². The Kier molecular flexibility index (Phi) is 5.27. The normalized spacial score (nSPS) is 24.9. The molecule has 27 heavy (non-hydrogen) atoms. The van der Waals surface area contributed by atoms with Gasteiger partial charge in [-0.15, -0.1) is 0 Å². The predicted molar refractivity (Wildman–Crippen MR) is 103 cm³/mol. The minimum absolute atomic E-state index is 0.00970. The van der Waals surface area contributed by atoms with Crippen molar-refractivity contribution in [3.63, 3.8) is 0 Å². The zero-order chi connectivity index (χ0) is 18.8. The van der Waals surface area contributed by atoms with Crippen LogP contribution in [0.25, 0.3) is 0 Å². The molecule has 2 saturated heterocycles. The number of aromatic nitrogens is 2. The predicted octanol–water partition coefficient (Wildman–Crippen LogP) is 1.97. The van der Waals surface area contributed by atoms with Crippen LogP contribution in [0.15, 0.2) is 42.7 Å². The second kappa shape index (κ2) is 7.82. The molecule has 0 saturated carbocycles. The van der Waals surface area contributed by atoms with Gasteiger partial charge in [-0.2, -0.15) is 0 Å². The smallest absolute Gasteiger partial charge is 0.227 e. The van der Waals surface area contributed by atoms with Crippen molar-refractivity contribution in [1.29, 1.82) is 0 Å². The first-order valence-electron chi connectivity index (χ1n) is 9.85. The summed E-state index contributed by atoms with van der Waals surface area (Å²) in [7, 11) is 1.93. The summed E-state index contributed by atoms with van der Waals surface area (Å²) in [6.45, 7) is 1.83. The lowest BCUT2D eigenvalue weighted by Crippen LogP contribution is -2.42. The van der Waals surface area contributed by atoms with E-state index < -0.39 is 0 Å². The first kappa shape index (κ1) is 18.2. The van der Waals surface area contributed by atoms with Gasteiger partial charge in [-0.25, -0.2) is 4.98 Å². The molecule has 2 aliphatic heterocycles. The molecule has 2 aromatic rings. The highest BCUT2D eigenvalue weighted by atomic mass is 16.3. The second-order valence-electron chi connectivity index (χ2n) is 7.65. The highest BCUT2D eigenvalue weighted by molar-refractivity contribution is 5.80. The third-order valence-corrected chi connectivity index (χ3v) is 6.12. The average molecular weight is 368 g/mol. The van der Waals surface area contributed by atoms with E-state index in [1.165, 1.54) is 5.56 Å². The Bertz CT molecular complexity index is 775. The highest BCUT2D eigenvalue weighted by Crippen LogP contribution is 2.45. The number of carbonyl (C=O) groups excluding carboxylic acids is 1. The first-order chi connectivity index (χ1) is 13.2. The maximum Gasteiger partial charge on any atom is 0.227 e.